The largest absolute Gasteiger partial charge is 0.468 e. The summed E-state index contributed by atoms with van der Waals surface area (Å²) in [5.41, 5.74) is 1.20. The molecule has 12 nitrogen and oxygen atoms in total. The molecule has 3 unspecified atom stereocenters. The molecule has 71 heavy (non-hydrogen) atoms. The van der Waals surface area contributed by atoms with Crippen LogP contribution >= 0.6 is 0 Å². The molecule has 0 spiro atoms. The van der Waals surface area contributed by atoms with Crippen LogP contribution in [-0.4, -0.2) is 115 Å². The van der Waals surface area contributed by atoms with Gasteiger partial charge in [-0.05, 0) is 116 Å². The number of aryl methyl sites for hydroxylation is 1. The molecule has 6 heterocycles. The Morgan fingerprint density at radius 2 is 1.56 bits per heavy atom. The minimum Gasteiger partial charge on any atom is -0.468 e. The Bertz CT molecular complexity index is 2840. The van der Waals surface area contributed by atoms with E-state index in [4.69, 9.17) is 38.3 Å². The Hall–Kier alpha value is -5.67. The molecule has 10 rings (SSSR count). The lowest BCUT2D eigenvalue weighted by Gasteiger charge is -2.46. The highest BCUT2D eigenvalue weighted by molar-refractivity contribution is 6.99. The highest BCUT2D eigenvalue weighted by Crippen LogP contribution is 2.46. The van der Waals surface area contributed by atoms with Crippen molar-refractivity contribution in [2.75, 3.05) is 51.7 Å². The van der Waals surface area contributed by atoms with Crippen LogP contribution in [0.5, 0.6) is 11.8 Å². The zero-order chi connectivity index (χ0) is 49.7. The van der Waals surface area contributed by atoms with Crippen molar-refractivity contribution in [3.8, 4) is 23.0 Å². The van der Waals surface area contributed by atoms with Gasteiger partial charge in [-0.3, -0.25) is 14.8 Å². The normalized spacial score (nSPS) is 21.6. The number of aromatic nitrogens is 3. The molecule has 4 aliphatic rings. The molecule has 14 heteroatoms. The standard InChI is InChI=1S/C57H69FN6O6Si/c1-9-38-18-16-19-39-30-43(68-37-66-8)31-46(48(38)39)50-49(58)51-47(32-59-50)52(62-33-40-24-25-41(34-62)64(40)54(65)70-55(2,3)4)61-53(60-51)67-35-42-26-28-57(27-17-29-63(42)57)36-69-71(56(5,6)7,44-20-12-10-13-21-44)45-22-14-11-15-23-45/h10-16,18-23,30-32,40-42H,9,17,24-29,33-37H2,1-8H3/t40?,41?,42-,57?/m0/s1. The van der Waals surface area contributed by atoms with E-state index in [0.29, 0.717) is 48.8 Å². The number of benzene rings is 4. The molecule has 0 aliphatic carbocycles. The van der Waals surface area contributed by atoms with Crippen LogP contribution in [0.1, 0.15) is 92.6 Å². The van der Waals surface area contributed by atoms with E-state index in [1.165, 1.54) is 10.4 Å². The summed E-state index contributed by atoms with van der Waals surface area (Å²) in [5.74, 6) is 0.518. The third-order valence-corrected chi connectivity index (χ3v) is 20.4. The fourth-order valence-corrected chi connectivity index (χ4v) is 17.0. The number of rotatable bonds is 14. The van der Waals surface area contributed by atoms with Crippen molar-refractivity contribution in [1.82, 2.24) is 24.8 Å². The van der Waals surface area contributed by atoms with Gasteiger partial charge in [0.05, 0.1) is 24.1 Å². The molecule has 4 aliphatic heterocycles. The van der Waals surface area contributed by atoms with Gasteiger partial charge in [0, 0.05) is 43.5 Å². The SMILES string of the molecule is CCc1cccc2cc(OCOC)cc(-c3ncc4c(N5CC6CCC(C5)N6C(=O)OC(C)(C)C)nc(OC[C@@H]5CCC6(CO[Si](c7ccccc7)(c7ccccc7)C(C)(C)C)CCCN56)nc4c3F)c12. The summed E-state index contributed by atoms with van der Waals surface area (Å²) in [4.78, 5) is 35.2. The summed E-state index contributed by atoms with van der Waals surface area (Å²) >= 11 is 0. The number of ether oxygens (including phenoxy) is 4. The van der Waals surface area contributed by atoms with Crippen molar-refractivity contribution in [1.29, 1.82) is 0 Å². The van der Waals surface area contributed by atoms with Crippen LogP contribution in [0.15, 0.2) is 97.2 Å². The summed E-state index contributed by atoms with van der Waals surface area (Å²) in [6, 6.07) is 31.6. The predicted molar refractivity (Wildman–Crippen MR) is 280 cm³/mol. The monoisotopic (exact) mass is 981 g/mol. The van der Waals surface area contributed by atoms with Gasteiger partial charge < -0.3 is 28.3 Å². The van der Waals surface area contributed by atoms with Crippen LogP contribution < -0.4 is 24.7 Å². The molecular formula is C57H69FN6O6Si. The third kappa shape index (κ3) is 9.14. The lowest BCUT2D eigenvalue weighted by Crippen LogP contribution is -2.68. The van der Waals surface area contributed by atoms with Crippen molar-refractivity contribution in [3.63, 3.8) is 0 Å². The highest BCUT2D eigenvalue weighted by Gasteiger charge is 2.55. The van der Waals surface area contributed by atoms with E-state index >= 15 is 4.39 Å². The van der Waals surface area contributed by atoms with E-state index < -0.39 is 19.7 Å². The molecule has 0 radical (unpaired) electrons. The number of fused-ring (bicyclic) bond motifs is 5. The topological polar surface area (TPSA) is 112 Å². The number of hydrogen-bond donors (Lipinski definition) is 0. The number of amides is 1. The molecule has 4 saturated heterocycles. The van der Waals surface area contributed by atoms with Crippen molar-refractivity contribution in [2.24, 2.45) is 0 Å². The minimum absolute atomic E-state index is 0.0415. The van der Waals surface area contributed by atoms with Gasteiger partial charge in [-0.25, -0.2) is 9.18 Å². The molecule has 4 fully saturated rings. The second kappa shape index (κ2) is 19.4. The molecule has 0 N–H and O–H groups in total. The molecule has 2 aromatic heterocycles. The Balaban J connectivity index is 0.994. The number of carbonyl (C=O) groups is 1. The van der Waals surface area contributed by atoms with Crippen LogP contribution in [-0.2, 0) is 20.3 Å². The van der Waals surface area contributed by atoms with Gasteiger partial charge in [0.15, 0.2) is 12.6 Å². The van der Waals surface area contributed by atoms with Crippen molar-refractivity contribution in [2.45, 2.75) is 128 Å². The maximum absolute atomic E-state index is 17.8. The fraction of sp³-hybridized carbons (Fsp3) is 0.474. The van der Waals surface area contributed by atoms with Gasteiger partial charge >= 0.3 is 12.1 Å². The van der Waals surface area contributed by atoms with E-state index in [0.717, 1.165) is 67.8 Å². The number of anilines is 1. The number of methoxy groups -OCH3 is 1. The Labute approximate surface area is 418 Å². The molecule has 6 aromatic rings. The van der Waals surface area contributed by atoms with Crippen molar-refractivity contribution >= 4 is 52.3 Å². The number of pyridine rings is 1. The summed E-state index contributed by atoms with van der Waals surface area (Å²) in [6.07, 6.45) is 7.82. The van der Waals surface area contributed by atoms with Gasteiger partial charge in [0.25, 0.3) is 8.32 Å². The number of nitrogens with zero attached hydrogens (tertiary/aromatic N) is 6. The van der Waals surface area contributed by atoms with E-state index in [-0.39, 0.29) is 58.8 Å². The Morgan fingerprint density at radius 1 is 0.859 bits per heavy atom. The first-order valence-electron chi connectivity index (χ1n) is 25.6. The molecule has 374 valence electrons. The Morgan fingerprint density at radius 3 is 2.21 bits per heavy atom. The third-order valence-electron chi connectivity index (χ3n) is 15.5. The fourth-order valence-electron chi connectivity index (χ4n) is 12.3. The van der Waals surface area contributed by atoms with Gasteiger partial charge in [0.2, 0.25) is 0 Å². The maximum atomic E-state index is 17.8. The summed E-state index contributed by atoms with van der Waals surface area (Å²) < 4.78 is 49.3. The zero-order valence-corrected chi connectivity index (χ0v) is 43.7. The average molecular weight is 981 g/mol. The zero-order valence-electron chi connectivity index (χ0n) is 42.7. The van der Waals surface area contributed by atoms with Crippen molar-refractivity contribution in [3.05, 3.63) is 109 Å². The highest BCUT2D eigenvalue weighted by atomic mass is 28.4. The van der Waals surface area contributed by atoms with Crippen LogP contribution in [0.3, 0.4) is 0 Å². The van der Waals surface area contributed by atoms with Crippen LogP contribution in [0.25, 0.3) is 32.9 Å². The van der Waals surface area contributed by atoms with E-state index in [2.05, 4.69) is 104 Å². The summed E-state index contributed by atoms with van der Waals surface area (Å²) in [5, 5.41) is 4.71. The Kier molecular flexibility index (Phi) is 13.4. The lowest BCUT2D eigenvalue weighted by molar-refractivity contribution is 0.0122. The molecule has 4 aromatic carbocycles. The number of halogens is 1. The smallest absolute Gasteiger partial charge is 0.410 e. The second-order valence-electron chi connectivity index (χ2n) is 22.1. The van der Waals surface area contributed by atoms with E-state index in [9.17, 15) is 4.79 Å². The number of piperazine rings is 1. The predicted octanol–water partition coefficient (Wildman–Crippen LogP) is 10.1. The van der Waals surface area contributed by atoms with Crippen LogP contribution in [0, 0.1) is 5.82 Å². The molecular weight excluding hydrogens is 912 g/mol. The second-order valence-corrected chi connectivity index (χ2v) is 26.4. The van der Waals surface area contributed by atoms with Crippen molar-refractivity contribution < 1.29 is 32.6 Å². The average Bonchev–Trinajstić information content (AvgIpc) is 4.01. The van der Waals surface area contributed by atoms with Gasteiger partial charge in [-0.2, -0.15) is 9.97 Å². The molecule has 0 saturated carbocycles. The summed E-state index contributed by atoms with van der Waals surface area (Å²) in [6.45, 7) is 17.7. The number of hydrogen-bond acceptors (Lipinski definition) is 11. The quantitative estimate of drug-likeness (QED) is 0.0768. The molecule has 1 amide bonds. The molecule has 2 bridgehead atoms. The van der Waals surface area contributed by atoms with E-state index in [1.807, 2.05) is 49.9 Å². The van der Waals surface area contributed by atoms with Crippen LogP contribution in [0.2, 0.25) is 5.04 Å². The van der Waals surface area contributed by atoms with Crippen LogP contribution in [0.4, 0.5) is 15.0 Å². The maximum Gasteiger partial charge on any atom is 0.410 e. The lowest BCUT2D eigenvalue weighted by atomic mass is 9.95. The van der Waals surface area contributed by atoms with Gasteiger partial charge in [0.1, 0.15) is 35.0 Å². The van der Waals surface area contributed by atoms with Gasteiger partial charge in [-0.15, -0.1) is 0 Å². The number of carbonyl (C=O) groups excluding carboxylic acids is 1. The first kappa shape index (κ1) is 48.9. The first-order valence-corrected chi connectivity index (χ1v) is 27.5. The van der Waals surface area contributed by atoms with Gasteiger partial charge in [-0.1, -0.05) is 107 Å². The minimum atomic E-state index is -2.78. The molecule has 4 atom stereocenters. The van der Waals surface area contributed by atoms with E-state index in [1.54, 1.807) is 13.3 Å². The summed E-state index contributed by atoms with van der Waals surface area (Å²) in [7, 11) is -1.21. The first-order chi connectivity index (χ1) is 34.1.